The van der Waals surface area contributed by atoms with E-state index in [1.807, 2.05) is 0 Å². The van der Waals surface area contributed by atoms with Crippen molar-refractivity contribution in [1.29, 1.82) is 0 Å². The zero-order valence-electron chi connectivity index (χ0n) is 44.1. The van der Waals surface area contributed by atoms with Gasteiger partial charge in [-0.2, -0.15) is 0 Å². The van der Waals surface area contributed by atoms with Gasteiger partial charge in [-0.25, -0.2) is 0 Å². The lowest BCUT2D eigenvalue weighted by atomic mass is 10.1. The number of allylic oxidation sites excluding steroid dienone is 18. The van der Waals surface area contributed by atoms with Crippen molar-refractivity contribution in [2.24, 2.45) is 0 Å². The van der Waals surface area contributed by atoms with E-state index < -0.39 is 6.10 Å². The monoisotopic (exact) mass is 943 g/mol. The molecular formula is C62H102O6. The Hall–Kier alpha value is -3.93. The summed E-state index contributed by atoms with van der Waals surface area (Å²) in [5.41, 5.74) is 0. The van der Waals surface area contributed by atoms with Gasteiger partial charge in [0.15, 0.2) is 6.10 Å². The Kier molecular flexibility index (Phi) is 52.4. The first-order valence-corrected chi connectivity index (χ1v) is 27.9. The van der Waals surface area contributed by atoms with Crippen LogP contribution in [-0.2, 0) is 28.6 Å². The summed E-state index contributed by atoms with van der Waals surface area (Å²) in [6, 6.07) is 0. The van der Waals surface area contributed by atoms with Crippen LogP contribution in [0.1, 0.15) is 245 Å². The van der Waals surface area contributed by atoms with E-state index in [9.17, 15) is 14.4 Å². The number of hydrogen-bond donors (Lipinski definition) is 0. The summed E-state index contributed by atoms with van der Waals surface area (Å²) in [5, 5.41) is 0. The summed E-state index contributed by atoms with van der Waals surface area (Å²) < 4.78 is 16.8. The predicted molar refractivity (Wildman–Crippen MR) is 293 cm³/mol. The molecule has 0 spiro atoms. The van der Waals surface area contributed by atoms with E-state index >= 15 is 0 Å². The minimum Gasteiger partial charge on any atom is -0.462 e. The first-order valence-electron chi connectivity index (χ1n) is 27.9. The van der Waals surface area contributed by atoms with Crippen LogP contribution in [0.15, 0.2) is 109 Å². The summed E-state index contributed by atoms with van der Waals surface area (Å²) in [6.45, 7) is 6.43. The molecule has 0 saturated heterocycles. The third-order valence-corrected chi connectivity index (χ3v) is 11.5. The van der Waals surface area contributed by atoms with Gasteiger partial charge in [0.25, 0.3) is 0 Å². The molecule has 0 aromatic carbocycles. The van der Waals surface area contributed by atoms with Gasteiger partial charge in [-0.15, -0.1) is 0 Å². The molecule has 0 aromatic heterocycles. The van der Waals surface area contributed by atoms with Crippen LogP contribution in [0.5, 0.6) is 0 Å². The molecule has 6 nitrogen and oxygen atoms in total. The van der Waals surface area contributed by atoms with Crippen LogP contribution in [-0.4, -0.2) is 37.2 Å². The Balaban J connectivity index is 4.48. The fourth-order valence-electron chi connectivity index (χ4n) is 7.30. The van der Waals surface area contributed by atoms with Gasteiger partial charge < -0.3 is 14.2 Å². The molecule has 0 aliphatic rings. The van der Waals surface area contributed by atoms with Crippen molar-refractivity contribution in [2.75, 3.05) is 13.2 Å². The van der Waals surface area contributed by atoms with Crippen LogP contribution >= 0.6 is 0 Å². The second-order valence-electron chi connectivity index (χ2n) is 18.1. The molecule has 386 valence electrons. The predicted octanol–water partition coefficient (Wildman–Crippen LogP) is 18.7. The van der Waals surface area contributed by atoms with Crippen molar-refractivity contribution in [3.63, 3.8) is 0 Å². The van der Waals surface area contributed by atoms with E-state index in [0.717, 1.165) is 116 Å². The lowest BCUT2D eigenvalue weighted by Crippen LogP contribution is -2.30. The van der Waals surface area contributed by atoms with Gasteiger partial charge in [0.05, 0.1) is 0 Å². The molecule has 0 rings (SSSR count). The summed E-state index contributed by atoms with van der Waals surface area (Å²) >= 11 is 0. The molecule has 6 heteroatoms. The van der Waals surface area contributed by atoms with E-state index in [1.165, 1.54) is 83.5 Å². The van der Waals surface area contributed by atoms with Crippen molar-refractivity contribution in [1.82, 2.24) is 0 Å². The summed E-state index contributed by atoms with van der Waals surface area (Å²) in [4.78, 5) is 38.0. The van der Waals surface area contributed by atoms with Crippen LogP contribution in [0.3, 0.4) is 0 Å². The Bertz CT molecular complexity index is 1410. The summed E-state index contributed by atoms with van der Waals surface area (Å²) in [7, 11) is 0. The van der Waals surface area contributed by atoms with Crippen molar-refractivity contribution in [2.45, 2.75) is 252 Å². The number of unbranched alkanes of at least 4 members (excludes halogenated alkanes) is 20. The standard InChI is InChI=1S/C62H102O6/c1-4-7-10-13-16-19-22-25-27-28-29-30-31-32-33-34-35-38-40-43-46-49-52-55-61(64)67-58-59(57-66-60(63)54-51-48-45-42-39-36-24-21-18-15-12-9-6-3)68-62(65)56-53-50-47-44-41-37-26-23-20-17-14-11-8-5-2/h7,10,16,19,21,23-27,29-30,32-33,35,38,43,46,59H,4-6,8-9,11-15,17-18,20,22,28,31,34,36-37,39-42,44-45,47-58H2,1-3H3/b10-7-,19-16-,24-21-,26-23-,27-25-,30-29-,33-32-,38-35-,46-43-. The minimum atomic E-state index is -0.810. The molecule has 0 aliphatic heterocycles. The number of carbonyl (C=O) groups excluding carboxylic acids is 3. The lowest BCUT2D eigenvalue weighted by Gasteiger charge is -2.18. The van der Waals surface area contributed by atoms with Crippen LogP contribution in [0, 0.1) is 0 Å². The molecule has 0 aliphatic carbocycles. The average molecular weight is 943 g/mol. The number of ether oxygens (including phenoxy) is 3. The maximum absolute atomic E-state index is 12.8. The third-order valence-electron chi connectivity index (χ3n) is 11.5. The Morgan fingerprint density at radius 1 is 0.309 bits per heavy atom. The third kappa shape index (κ3) is 53.0. The molecule has 0 saturated carbocycles. The van der Waals surface area contributed by atoms with Gasteiger partial charge in [0, 0.05) is 19.3 Å². The molecule has 0 aromatic rings. The Labute approximate surface area is 419 Å². The first-order chi connectivity index (χ1) is 33.5. The molecule has 0 amide bonds. The van der Waals surface area contributed by atoms with E-state index in [-0.39, 0.29) is 37.5 Å². The van der Waals surface area contributed by atoms with E-state index in [4.69, 9.17) is 14.2 Å². The summed E-state index contributed by atoms with van der Waals surface area (Å²) in [5.74, 6) is -0.986. The van der Waals surface area contributed by atoms with Gasteiger partial charge in [-0.3, -0.25) is 14.4 Å². The van der Waals surface area contributed by atoms with Crippen LogP contribution < -0.4 is 0 Å². The van der Waals surface area contributed by atoms with Gasteiger partial charge >= 0.3 is 17.9 Å². The Morgan fingerprint density at radius 3 is 0.985 bits per heavy atom. The zero-order chi connectivity index (χ0) is 49.3. The van der Waals surface area contributed by atoms with Gasteiger partial charge in [0.2, 0.25) is 0 Å². The molecule has 0 radical (unpaired) electrons. The second kappa shape index (κ2) is 55.7. The highest BCUT2D eigenvalue weighted by atomic mass is 16.6. The van der Waals surface area contributed by atoms with Crippen LogP contribution in [0.4, 0.5) is 0 Å². The van der Waals surface area contributed by atoms with Gasteiger partial charge in [0.1, 0.15) is 13.2 Å². The fourth-order valence-corrected chi connectivity index (χ4v) is 7.30. The van der Waals surface area contributed by atoms with Crippen molar-refractivity contribution in [3.8, 4) is 0 Å². The molecule has 0 bridgehead atoms. The molecule has 68 heavy (non-hydrogen) atoms. The number of hydrogen-bond acceptors (Lipinski definition) is 6. The maximum Gasteiger partial charge on any atom is 0.306 e. The average Bonchev–Trinajstić information content (AvgIpc) is 3.34. The largest absolute Gasteiger partial charge is 0.462 e. The number of carbonyl (C=O) groups is 3. The smallest absolute Gasteiger partial charge is 0.306 e. The van der Waals surface area contributed by atoms with E-state index in [2.05, 4.69) is 130 Å². The maximum atomic E-state index is 12.8. The highest BCUT2D eigenvalue weighted by Gasteiger charge is 2.19. The van der Waals surface area contributed by atoms with Gasteiger partial charge in [-0.05, 0) is 122 Å². The fraction of sp³-hybridized carbons (Fsp3) is 0.661. The molecule has 0 heterocycles. The lowest BCUT2D eigenvalue weighted by molar-refractivity contribution is -0.167. The second-order valence-corrected chi connectivity index (χ2v) is 18.1. The van der Waals surface area contributed by atoms with Gasteiger partial charge in [-0.1, -0.05) is 214 Å². The molecule has 0 N–H and O–H groups in total. The highest BCUT2D eigenvalue weighted by molar-refractivity contribution is 5.71. The quantitative estimate of drug-likeness (QED) is 0.0262. The molecular weight excluding hydrogens is 841 g/mol. The van der Waals surface area contributed by atoms with E-state index in [1.54, 1.807) is 0 Å². The van der Waals surface area contributed by atoms with Crippen molar-refractivity contribution >= 4 is 17.9 Å². The van der Waals surface area contributed by atoms with E-state index in [0.29, 0.717) is 19.3 Å². The number of rotatable bonds is 49. The molecule has 1 unspecified atom stereocenters. The minimum absolute atomic E-state index is 0.105. The topological polar surface area (TPSA) is 78.9 Å². The zero-order valence-corrected chi connectivity index (χ0v) is 44.1. The molecule has 1 atom stereocenters. The SMILES string of the molecule is CC/C=C\C/C=C\C/C=C\C/C=C\C/C=C\C/C=C\C/C=C\CCCC(=O)OCC(COC(=O)CCCCCCC/C=C\CCCCCC)OC(=O)CCCCCCC/C=C\CCCCCCC. The van der Waals surface area contributed by atoms with Crippen LogP contribution in [0.2, 0.25) is 0 Å². The normalized spacial score (nSPS) is 12.9. The van der Waals surface area contributed by atoms with Crippen LogP contribution in [0.25, 0.3) is 0 Å². The van der Waals surface area contributed by atoms with Crippen molar-refractivity contribution < 1.29 is 28.6 Å². The highest BCUT2D eigenvalue weighted by Crippen LogP contribution is 2.13. The van der Waals surface area contributed by atoms with Crippen molar-refractivity contribution in [3.05, 3.63) is 109 Å². The number of esters is 3. The molecule has 0 fully saturated rings. The first kappa shape index (κ1) is 64.1. The summed E-state index contributed by atoms with van der Waals surface area (Å²) in [6.07, 6.45) is 75.1. The Morgan fingerprint density at radius 2 is 0.588 bits per heavy atom.